The van der Waals surface area contributed by atoms with E-state index in [0.717, 1.165) is 11.1 Å². The fourth-order valence-electron chi connectivity index (χ4n) is 3.58. The van der Waals surface area contributed by atoms with Crippen LogP contribution in [0.15, 0.2) is 89.1 Å². The van der Waals surface area contributed by atoms with Crippen LogP contribution in [-0.2, 0) is 0 Å². The molecule has 158 valence electrons. The van der Waals surface area contributed by atoms with Crippen LogP contribution in [0.2, 0.25) is 0 Å². The first-order chi connectivity index (χ1) is 15.6. The smallest absolute Gasteiger partial charge is 0.269 e. The summed E-state index contributed by atoms with van der Waals surface area (Å²) in [5, 5.41) is 35.6. The monoisotopic (exact) mass is 443 g/mol. The largest absolute Gasteiger partial charge is 0.507 e. The van der Waals surface area contributed by atoms with Gasteiger partial charge in [-0.15, -0.1) is 10.2 Å². The molecule has 0 amide bonds. The number of nitrogens with zero attached hydrogens (tertiary/aromatic N) is 5. The van der Waals surface area contributed by atoms with Crippen LogP contribution in [0.4, 0.5) is 5.69 Å². The second kappa shape index (κ2) is 8.27. The highest BCUT2D eigenvalue weighted by atomic mass is 32.2. The van der Waals surface area contributed by atoms with Crippen molar-refractivity contribution in [2.24, 2.45) is 5.10 Å². The van der Waals surface area contributed by atoms with Gasteiger partial charge in [0.1, 0.15) is 5.75 Å². The van der Waals surface area contributed by atoms with Crippen LogP contribution in [0.25, 0.3) is 11.4 Å². The molecule has 4 aromatic rings. The first-order valence-corrected chi connectivity index (χ1v) is 10.8. The Morgan fingerprint density at radius 2 is 1.69 bits per heavy atom. The molecule has 0 saturated heterocycles. The van der Waals surface area contributed by atoms with Gasteiger partial charge in [-0.25, -0.2) is 0 Å². The van der Waals surface area contributed by atoms with E-state index in [1.54, 1.807) is 28.9 Å². The van der Waals surface area contributed by atoms with Crippen molar-refractivity contribution in [2.45, 2.75) is 16.8 Å². The fraction of sp³-hybridized carbons (Fsp3) is 0.0870. The number of nitro benzene ring substituents is 1. The number of phenolic OH excluding ortho intramolecular Hbond substituents is 1. The zero-order valence-electron chi connectivity index (χ0n) is 16.7. The maximum absolute atomic E-state index is 11.1. The number of nitro groups is 1. The molecule has 0 radical (unpaired) electrons. The van der Waals surface area contributed by atoms with E-state index in [1.165, 1.54) is 23.9 Å². The molecule has 1 N–H and O–H groups in total. The Balaban J connectivity index is 1.63. The number of fused-ring (bicyclic) bond motifs is 1. The van der Waals surface area contributed by atoms with Gasteiger partial charge in [-0.1, -0.05) is 66.4 Å². The number of hydrogen-bond donors (Lipinski definition) is 1. The lowest BCUT2D eigenvalue weighted by molar-refractivity contribution is -0.384. The Kier molecular flexibility index (Phi) is 5.16. The van der Waals surface area contributed by atoms with E-state index < -0.39 is 4.92 Å². The molecule has 1 atom stereocenters. The fourth-order valence-corrected chi connectivity index (χ4v) is 4.68. The van der Waals surface area contributed by atoms with Crippen LogP contribution in [0, 0.1) is 10.1 Å². The van der Waals surface area contributed by atoms with Crippen LogP contribution in [0.3, 0.4) is 0 Å². The summed E-state index contributed by atoms with van der Waals surface area (Å²) in [6.45, 7) is 0. The van der Waals surface area contributed by atoms with Crippen molar-refractivity contribution in [3.63, 3.8) is 0 Å². The summed E-state index contributed by atoms with van der Waals surface area (Å²) < 4.78 is 1.70. The molecule has 0 fully saturated rings. The maximum Gasteiger partial charge on any atom is 0.269 e. The normalized spacial score (nSPS) is 15.5. The number of aromatic hydroxyl groups is 1. The van der Waals surface area contributed by atoms with E-state index >= 15 is 0 Å². The summed E-state index contributed by atoms with van der Waals surface area (Å²) in [5.74, 6) is 0.738. The highest BCUT2D eigenvalue weighted by molar-refractivity contribution is 7.99. The van der Waals surface area contributed by atoms with Crippen LogP contribution >= 0.6 is 11.8 Å². The lowest BCUT2D eigenvalue weighted by Gasteiger charge is -2.15. The molecule has 3 aromatic carbocycles. The van der Waals surface area contributed by atoms with E-state index in [1.807, 2.05) is 42.5 Å². The van der Waals surface area contributed by atoms with Gasteiger partial charge >= 0.3 is 0 Å². The van der Waals surface area contributed by atoms with Gasteiger partial charge in [0, 0.05) is 34.9 Å². The molecule has 0 bridgehead atoms. The van der Waals surface area contributed by atoms with E-state index in [9.17, 15) is 15.2 Å². The number of phenols is 1. The molecule has 1 aliphatic rings. The van der Waals surface area contributed by atoms with E-state index in [4.69, 9.17) is 5.10 Å². The summed E-state index contributed by atoms with van der Waals surface area (Å²) >= 11 is 1.49. The standard InChI is InChI=1S/C23H17N5O3S/c29-20-9-5-4-8-18(20)19-14-21(15-10-12-17(13-11-15)28(30)31)32-23-25-24-22(27(23)26-19)16-6-2-1-3-7-16/h1-13,21,29H,14H2. The summed E-state index contributed by atoms with van der Waals surface area (Å²) in [6.07, 6.45) is 0.498. The first-order valence-electron chi connectivity index (χ1n) is 9.88. The van der Waals surface area contributed by atoms with Crippen molar-refractivity contribution in [1.82, 2.24) is 14.9 Å². The van der Waals surface area contributed by atoms with Gasteiger partial charge in [0.15, 0.2) is 5.82 Å². The molecule has 1 aromatic heterocycles. The Hall–Kier alpha value is -3.98. The Morgan fingerprint density at radius 1 is 0.969 bits per heavy atom. The van der Waals surface area contributed by atoms with Gasteiger partial charge in [0.25, 0.3) is 5.69 Å². The maximum atomic E-state index is 11.1. The predicted octanol–water partition coefficient (Wildman–Crippen LogP) is 5.05. The summed E-state index contributed by atoms with van der Waals surface area (Å²) in [4.78, 5) is 10.6. The van der Waals surface area contributed by atoms with Crippen molar-refractivity contribution >= 4 is 23.2 Å². The van der Waals surface area contributed by atoms with Crippen molar-refractivity contribution in [2.75, 3.05) is 0 Å². The molecule has 1 unspecified atom stereocenters. The summed E-state index contributed by atoms with van der Waals surface area (Å²) in [7, 11) is 0. The number of para-hydroxylation sites is 1. The van der Waals surface area contributed by atoms with Gasteiger partial charge in [-0.05, 0) is 17.7 Å². The van der Waals surface area contributed by atoms with Crippen molar-refractivity contribution in [1.29, 1.82) is 0 Å². The minimum atomic E-state index is -0.415. The third-order valence-corrected chi connectivity index (χ3v) is 6.37. The lowest BCUT2D eigenvalue weighted by atomic mass is 10.0. The zero-order valence-corrected chi connectivity index (χ0v) is 17.5. The van der Waals surface area contributed by atoms with Crippen molar-refractivity contribution in [3.05, 3.63) is 100 Å². The molecule has 1 aliphatic heterocycles. The topological polar surface area (TPSA) is 106 Å². The lowest BCUT2D eigenvalue weighted by Crippen LogP contribution is -2.07. The average Bonchev–Trinajstić information content (AvgIpc) is 3.11. The van der Waals surface area contributed by atoms with Crippen molar-refractivity contribution < 1.29 is 10.0 Å². The minimum absolute atomic E-state index is 0.0384. The highest BCUT2D eigenvalue weighted by Crippen LogP contribution is 2.42. The van der Waals surface area contributed by atoms with Crippen LogP contribution in [0.5, 0.6) is 5.75 Å². The van der Waals surface area contributed by atoms with Crippen LogP contribution < -0.4 is 0 Å². The molecule has 0 aliphatic carbocycles. The second-order valence-electron chi connectivity index (χ2n) is 7.21. The van der Waals surface area contributed by atoms with E-state index in [-0.39, 0.29) is 16.7 Å². The minimum Gasteiger partial charge on any atom is -0.507 e. The second-order valence-corrected chi connectivity index (χ2v) is 8.38. The molecule has 2 heterocycles. The summed E-state index contributed by atoms with van der Waals surface area (Å²) in [5.41, 5.74) is 3.12. The van der Waals surface area contributed by atoms with Crippen LogP contribution in [-0.4, -0.2) is 30.6 Å². The summed E-state index contributed by atoms with van der Waals surface area (Å²) in [6, 6.07) is 23.2. The third-order valence-electron chi connectivity index (χ3n) is 5.18. The first kappa shape index (κ1) is 20.0. The number of hydrogen-bond acceptors (Lipinski definition) is 7. The number of rotatable bonds is 4. The number of benzene rings is 3. The number of non-ortho nitro benzene ring substituents is 1. The SMILES string of the molecule is O=[N+]([O-])c1ccc(C2CC(c3ccccc3O)=Nn3c(nnc3-c3ccccc3)S2)cc1. The quantitative estimate of drug-likeness (QED) is 0.349. The molecule has 8 nitrogen and oxygen atoms in total. The molecule has 9 heteroatoms. The predicted molar refractivity (Wildman–Crippen MR) is 122 cm³/mol. The zero-order chi connectivity index (χ0) is 22.1. The molecule has 32 heavy (non-hydrogen) atoms. The number of aromatic nitrogens is 3. The van der Waals surface area contributed by atoms with E-state index in [0.29, 0.717) is 28.7 Å². The third kappa shape index (κ3) is 3.74. The average molecular weight is 443 g/mol. The highest BCUT2D eigenvalue weighted by Gasteiger charge is 2.27. The number of thioether (sulfide) groups is 1. The van der Waals surface area contributed by atoms with Gasteiger partial charge in [-0.2, -0.15) is 9.78 Å². The molecular weight excluding hydrogens is 426 g/mol. The Labute approximate surface area is 187 Å². The van der Waals surface area contributed by atoms with Gasteiger partial charge in [-0.3, -0.25) is 10.1 Å². The van der Waals surface area contributed by atoms with E-state index in [2.05, 4.69) is 10.2 Å². The van der Waals surface area contributed by atoms with Gasteiger partial charge < -0.3 is 5.11 Å². The Bertz CT molecular complexity index is 1320. The molecule has 0 spiro atoms. The van der Waals surface area contributed by atoms with Crippen LogP contribution in [0.1, 0.15) is 22.8 Å². The van der Waals surface area contributed by atoms with Crippen molar-refractivity contribution in [3.8, 4) is 17.1 Å². The van der Waals surface area contributed by atoms with Gasteiger partial charge in [0.05, 0.1) is 10.6 Å². The molecule has 0 saturated carbocycles. The Morgan fingerprint density at radius 3 is 2.41 bits per heavy atom. The molecule has 5 rings (SSSR count). The van der Waals surface area contributed by atoms with Gasteiger partial charge in [0.2, 0.25) is 5.16 Å². The molecular formula is C23H17N5O3S.